The molecular formula is C18H17N5O3. The molecule has 0 spiro atoms. The van der Waals surface area contributed by atoms with Gasteiger partial charge in [0.05, 0.1) is 16.3 Å². The van der Waals surface area contributed by atoms with Crippen molar-refractivity contribution in [3.8, 4) is 5.69 Å². The zero-order valence-electron chi connectivity index (χ0n) is 14.0. The summed E-state index contributed by atoms with van der Waals surface area (Å²) in [4.78, 5) is 23.0. The van der Waals surface area contributed by atoms with Crippen LogP contribution in [0.3, 0.4) is 0 Å². The fraction of sp³-hybridized carbons (Fsp3) is 0.111. The molecule has 1 amide bonds. The van der Waals surface area contributed by atoms with Gasteiger partial charge in [0, 0.05) is 17.8 Å². The highest BCUT2D eigenvalue weighted by atomic mass is 16.6. The highest BCUT2D eigenvalue weighted by molar-refractivity contribution is 6.08. The van der Waals surface area contributed by atoms with Gasteiger partial charge in [-0.05, 0) is 30.7 Å². The van der Waals surface area contributed by atoms with Gasteiger partial charge in [0.25, 0.3) is 11.6 Å². The van der Waals surface area contributed by atoms with E-state index in [0.717, 1.165) is 0 Å². The standard InChI is InChI=1S/C18H17N5O3/c1-2-15-16(18(24)20-12-6-4-3-5-7-12)17(19)22(21-15)13-8-10-14(11-9-13)23(25)26/h3-11H,2,19H2,1H3,(H,20,24). The van der Waals surface area contributed by atoms with E-state index in [1.54, 1.807) is 24.3 Å². The molecule has 0 saturated heterocycles. The molecule has 0 unspecified atom stereocenters. The number of nitrogen functional groups attached to an aromatic ring is 1. The van der Waals surface area contributed by atoms with Crippen LogP contribution in [0.15, 0.2) is 54.6 Å². The Labute approximate surface area is 149 Å². The lowest BCUT2D eigenvalue weighted by atomic mass is 10.1. The van der Waals surface area contributed by atoms with Crippen LogP contribution in [0.2, 0.25) is 0 Å². The summed E-state index contributed by atoms with van der Waals surface area (Å²) in [6, 6.07) is 14.9. The zero-order valence-corrected chi connectivity index (χ0v) is 14.0. The van der Waals surface area contributed by atoms with Gasteiger partial charge in [-0.1, -0.05) is 25.1 Å². The number of aryl methyl sites for hydroxylation is 1. The van der Waals surface area contributed by atoms with E-state index in [-0.39, 0.29) is 17.4 Å². The average Bonchev–Trinajstić information content (AvgIpc) is 2.99. The Kier molecular flexibility index (Phi) is 4.66. The molecule has 26 heavy (non-hydrogen) atoms. The predicted octanol–water partition coefficient (Wildman–Crippen LogP) is 3.18. The summed E-state index contributed by atoms with van der Waals surface area (Å²) in [6.07, 6.45) is 0.516. The molecule has 0 atom stereocenters. The molecule has 8 heteroatoms. The molecule has 3 N–H and O–H groups in total. The van der Waals surface area contributed by atoms with Crippen LogP contribution in [-0.2, 0) is 6.42 Å². The van der Waals surface area contributed by atoms with E-state index in [0.29, 0.717) is 29.1 Å². The van der Waals surface area contributed by atoms with Gasteiger partial charge in [-0.15, -0.1) is 0 Å². The molecule has 1 aromatic heterocycles. The fourth-order valence-electron chi connectivity index (χ4n) is 2.60. The van der Waals surface area contributed by atoms with E-state index in [1.807, 2.05) is 25.1 Å². The topological polar surface area (TPSA) is 116 Å². The van der Waals surface area contributed by atoms with Crippen LogP contribution in [0, 0.1) is 10.1 Å². The van der Waals surface area contributed by atoms with Crippen LogP contribution in [0.5, 0.6) is 0 Å². The number of nitrogens with one attached hydrogen (secondary N) is 1. The molecule has 0 saturated carbocycles. The number of hydrogen-bond donors (Lipinski definition) is 2. The average molecular weight is 351 g/mol. The van der Waals surface area contributed by atoms with Crippen LogP contribution >= 0.6 is 0 Å². The predicted molar refractivity (Wildman–Crippen MR) is 98.4 cm³/mol. The Bertz CT molecular complexity index is 949. The number of nitro benzene ring substituents is 1. The lowest BCUT2D eigenvalue weighted by molar-refractivity contribution is -0.384. The minimum absolute atomic E-state index is 0.0303. The Hall–Kier alpha value is -3.68. The van der Waals surface area contributed by atoms with E-state index in [2.05, 4.69) is 10.4 Å². The van der Waals surface area contributed by atoms with E-state index < -0.39 is 4.92 Å². The van der Waals surface area contributed by atoms with Gasteiger partial charge in [0.2, 0.25) is 0 Å². The molecule has 0 aliphatic heterocycles. The molecule has 132 valence electrons. The summed E-state index contributed by atoms with van der Waals surface area (Å²) < 4.78 is 1.42. The molecule has 3 aromatic rings. The molecule has 8 nitrogen and oxygen atoms in total. The van der Waals surface area contributed by atoms with Crippen molar-refractivity contribution >= 4 is 23.1 Å². The smallest absolute Gasteiger partial charge is 0.269 e. The fourth-order valence-corrected chi connectivity index (χ4v) is 2.60. The van der Waals surface area contributed by atoms with Crippen molar-refractivity contribution in [2.45, 2.75) is 13.3 Å². The Morgan fingerprint density at radius 2 is 1.85 bits per heavy atom. The van der Waals surface area contributed by atoms with E-state index >= 15 is 0 Å². The van der Waals surface area contributed by atoms with Crippen molar-refractivity contribution < 1.29 is 9.72 Å². The van der Waals surface area contributed by atoms with E-state index in [9.17, 15) is 14.9 Å². The maximum Gasteiger partial charge on any atom is 0.269 e. The monoisotopic (exact) mass is 351 g/mol. The lowest BCUT2D eigenvalue weighted by Gasteiger charge is -2.06. The van der Waals surface area contributed by atoms with Gasteiger partial charge in [-0.3, -0.25) is 14.9 Å². The molecule has 0 bridgehead atoms. The van der Waals surface area contributed by atoms with Gasteiger partial charge in [-0.2, -0.15) is 5.10 Å². The lowest BCUT2D eigenvalue weighted by Crippen LogP contribution is -2.15. The summed E-state index contributed by atoms with van der Waals surface area (Å²) in [6.45, 7) is 1.88. The number of hydrogen-bond acceptors (Lipinski definition) is 5. The second-order valence-corrected chi connectivity index (χ2v) is 5.57. The number of nitro groups is 1. The largest absolute Gasteiger partial charge is 0.383 e. The molecule has 0 aliphatic rings. The van der Waals surface area contributed by atoms with E-state index in [1.165, 1.54) is 16.8 Å². The summed E-state index contributed by atoms with van der Waals surface area (Å²) >= 11 is 0. The third kappa shape index (κ3) is 3.25. The number of non-ortho nitro benzene ring substituents is 1. The van der Waals surface area contributed by atoms with Gasteiger partial charge < -0.3 is 11.1 Å². The summed E-state index contributed by atoms with van der Waals surface area (Å²) in [5.41, 5.74) is 8.19. The Morgan fingerprint density at radius 1 is 1.19 bits per heavy atom. The number of carbonyl (C=O) groups is 1. The van der Waals surface area contributed by atoms with Crippen LogP contribution in [0.4, 0.5) is 17.2 Å². The van der Waals surface area contributed by atoms with Gasteiger partial charge in [0.15, 0.2) is 0 Å². The number of amides is 1. The maximum absolute atomic E-state index is 12.7. The molecule has 0 radical (unpaired) electrons. The quantitative estimate of drug-likeness (QED) is 0.541. The molecule has 1 heterocycles. The number of nitrogens with zero attached hydrogens (tertiary/aromatic N) is 3. The first-order valence-corrected chi connectivity index (χ1v) is 8.00. The molecule has 2 aromatic carbocycles. The number of benzene rings is 2. The van der Waals surface area contributed by atoms with Crippen LogP contribution in [0.25, 0.3) is 5.69 Å². The van der Waals surface area contributed by atoms with Crippen LogP contribution in [-0.4, -0.2) is 20.6 Å². The number of anilines is 2. The molecule has 0 aliphatic carbocycles. The number of nitrogens with two attached hydrogens (primary N) is 1. The zero-order chi connectivity index (χ0) is 18.7. The first kappa shape index (κ1) is 17.2. The minimum atomic E-state index is -0.480. The highest BCUT2D eigenvalue weighted by Gasteiger charge is 2.22. The van der Waals surface area contributed by atoms with Crippen molar-refractivity contribution in [1.29, 1.82) is 0 Å². The first-order valence-electron chi connectivity index (χ1n) is 8.00. The second kappa shape index (κ2) is 7.06. The van der Waals surface area contributed by atoms with Crippen LogP contribution < -0.4 is 11.1 Å². The number of rotatable bonds is 5. The SMILES string of the molecule is CCc1nn(-c2ccc([N+](=O)[O-])cc2)c(N)c1C(=O)Nc1ccccc1. The summed E-state index contributed by atoms with van der Waals surface area (Å²) in [7, 11) is 0. The second-order valence-electron chi connectivity index (χ2n) is 5.57. The van der Waals surface area contributed by atoms with Crippen molar-refractivity contribution in [3.63, 3.8) is 0 Å². The normalized spacial score (nSPS) is 10.5. The summed E-state index contributed by atoms with van der Waals surface area (Å²) in [5.74, 6) is -0.164. The summed E-state index contributed by atoms with van der Waals surface area (Å²) in [5, 5.41) is 18.0. The van der Waals surface area contributed by atoms with Crippen molar-refractivity contribution in [2.75, 3.05) is 11.1 Å². The minimum Gasteiger partial charge on any atom is -0.383 e. The Morgan fingerprint density at radius 3 is 2.42 bits per heavy atom. The number of aromatic nitrogens is 2. The first-order chi connectivity index (χ1) is 12.5. The van der Waals surface area contributed by atoms with Gasteiger partial charge in [0.1, 0.15) is 11.4 Å². The van der Waals surface area contributed by atoms with Crippen LogP contribution in [0.1, 0.15) is 23.0 Å². The molecular weight excluding hydrogens is 334 g/mol. The highest BCUT2D eigenvalue weighted by Crippen LogP contribution is 2.24. The van der Waals surface area contributed by atoms with Crippen molar-refractivity contribution in [3.05, 3.63) is 76.0 Å². The van der Waals surface area contributed by atoms with Crippen molar-refractivity contribution in [2.24, 2.45) is 0 Å². The third-order valence-corrected chi connectivity index (χ3v) is 3.89. The van der Waals surface area contributed by atoms with Gasteiger partial charge >= 0.3 is 0 Å². The Balaban J connectivity index is 1.97. The maximum atomic E-state index is 12.7. The number of carbonyl (C=O) groups excluding carboxylic acids is 1. The van der Waals surface area contributed by atoms with E-state index in [4.69, 9.17) is 5.73 Å². The van der Waals surface area contributed by atoms with Gasteiger partial charge in [-0.25, -0.2) is 4.68 Å². The third-order valence-electron chi connectivity index (χ3n) is 3.89. The van der Waals surface area contributed by atoms with Crippen molar-refractivity contribution in [1.82, 2.24) is 9.78 Å². The molecule has 3 rings (SSSR count). The number of para-hydroxylation sites is 1. The molecule has 0 fully saturated rings.